The van der Waals surface area contributed by atoms with Crippen LogP contribution in [0.25, 0.3) is 0 Å². The van der Waals surface area contributed by atoms with Crippen LogP contribution in [0.5, 0.6) is 0 Å². The molecule has 20 heavy (non-hydrogen) atoms. The summed E-state index contributed by atoms with van der Waals surface area (Å²) >= 11 is 0. The maximum Gasteiger partial charge on any atom is 0.256 e. The predicted octanol–water partition coefficient (Wildman–Crippen LogP) is 1.39. The number of nitrogens with two attached hydrogens (primary N) is 1. The summed E-state index contributed by atoms with van der Waals surface area (Å²) in [5.74, 6) is -1.35. The zero-order valence-electron chi connectivity index (χ0n) is 11.9. The Labute approximate surface area is 117 Å². The van der Waals surface area contributed by atoms with E-state index in [9.17, 15) is 14.0 Å². The van der Waals surface area contributed by atoms with E-state index in [0.29, 0.717) is 6.54 Å². The number of amides is 2. The third kappa shape index (κ3) is 3.94. The molecule has 1 rings (SSSR count). The van der Waals surface area contributed by atoms with Crippen LogP contribution in [0.3, 0.4) is 0 Å². The summed E-state index contributed by atoms with van der Waals surface area (Å²) in [6, 6.07) is 4.05. The van der Waals surface area contributed by atoms with Gasteiger partial charge in [0.2, 0.25) is 5.91 Å². The number of para-hydroxylation sites is 1. The highest BCUT2D eigenvalue weighted by Crippen LogP contribution is 2.17. The Morgan fingerprint density at radius 1 is 1.40 bits per heavy atom. The number of carbonyl (C=O) groups is 2. The summed E-state index contributed by atoms with van der Waals surface area (Å²) in [7, 11) is 0. The number of anilines is 1. The maximum absolute atomic E-state index is 13.4. The number of nitrogen functional groups attached to an aromatic ring is 1. The van der Waals surface area contributed by atoms with Crippen LogP contribution in [0.2, 0.25) is 0 Å². The summed E-state index contributed by atoms with van der Waals surface area (Å²) in [4.78, 5) is 25.3. The number of nitrogens with one attached hydrogen (secondary N) is 1. The molecule has 0 heterocycles. The first-order chi connectivity index (χ1) is 9.36. The van der Waals surface area contributed by atoms with Gasteiger partial charge in [-0.05, 0) is 32.9 Å². The van der Waals surface area contributed by atoms with Gasteiger partial charge < -0.3 is 16.0 Å². The Balaban J connectivity index is 2.87. The molecule has 0 aliphatic rings. The lowest BCUT2D eigenvalue weighted by Gasteiger charge is -2.22. The van der Waals surface area contributed by atoms with Crippen molar-refractivity contribution in [3.8, 4) is 0 Å². The Morgan fingerprint density at radius 2 is 2.05 bits per heavy atom. The molecule has 0 unspecified atom stereocenters. The molecule has 0 fully saturated rings. The summed E-state index contributed by atoms with van der Waals surface area (Å²) in [6.07, 6.45) is 0. The van der Waals surface area contributed by atoms with Gasteiger partial charge in [0.05, 0.1) is 17.8 Å². The first-order valence-corrected chi connectivity index (χ1v) is 6.49. The Morgan fingerprint density at radius 3 is 2.60 bits per heavy atom. The molecule has 6 heteroatoms. The number of likely N-dealkylation sites (N-methyl/N-ethyl adjacent to an activating group) is 1. The average molecular weight is 281 g/mol. The monoisotopic (exact) mass is 281 g/mol. The molecule has 0 saturated carbocycles. The first kappa shape index (κ1) is 15.9. The maximum atomic E-state index is 13.4. The molecule has 0 saturated heterocycles. The molecule has 0 aromatic heterocycles. The van der Waals surface area contributed by atoms with Gasteiger partial charge in [0.15, 0.2) is 0 Å². The van der Waals surface area contributed by atoms with Gasteiger partial charge in [-0.15, -0.1) is 0 Å². The minimum atomic E-state index is -0.640. The molecule has 110 valence electrons. The van der Waals surface area contributed by atoms with Gasteiger partial charge in [-0.1, -0.05) is 6.07 Å². The van der Waals surface area contributed by atoms with E-state index in [1.165, 1.54) is 23.1 Å². The van der Waals surface area contributed by atoms with Crippen LogP contribution in [0.4, 0.5) is 10.1 Å². The van der Waals surface area contributed by atoms with Crippen molar-refractivity contribution in [1.82, 2.24) is 10.2 Å². The van der Waals surface area contributed by atoms with E-state index in [2.05, 4.69) is 5.32 Å². The van der Waals surface area contributed by atoms with Crippen LogP contribution in [-0.2, 0) is 4.79 Å². The standard InChI is InChI=1S/C14H20FN3O2/c1-4-18(8-12(19)17-9(2)3)14(20)10-6-5-7-11(15)13(10)16/h5-7,9H,4,8,16H2,1-3H3,(H,17,19). The van der Waals surface area contributed by atoms with Gasteiger partial charge in [0.1, 0.15) is 5.82 Å². The fourth-order valence-electron chi connectivity index (χ4n) is 1.76. The van der Waals surface area contributed by atoms with E-state index >= 15 is 0 Å². The van der Waals surface area contributed by atoms with Crippen molar-refractivity contribution in [3.05, 3.63) is 29.6 Å². The Kier molecular flexibility index (Phi) is 5.49. The molecule has 0 bridgehead atoms. The number of benzene rings is 1. The second-order valence-corrected chi connectivity index (χ2v) is 4.74. The molecule has 0 atom stereocenters. The van der Waals surface area contributed by atoms with Crippen molar-refractivity contribution in [2.75, 3.05) is 18.8 Å². The lowest BCUT2D eigenvalue weighted by Crippen LogP contribution is -2.42. The van der Waals surface area contributed by atoms with Gasteiger partial charge in [0, 0.05) is 12.6 Å². The summed E-state index contributed by atoms with van der Waals surface area (Å²) < 4.78 is 13.4. The quantitative estimate of drug-likeness (QED) is 0.801. The van der Waals surface area contributed by atoms with E-state index in [1.54, 1.807) is 6.92 Å². The van der Waals surface area contributed by atoms with E-state index in [4.69, 9.17) is 5.73 Å². The summed E-state index contributed by atoms with van der Waals surface area (Å²) in [6.45, 7) is 5.67. The van der Waals surface area contributed by atoms with E-state index < -0.39 is 11.7 Å². The van der Waals surface area contributed by atoms with Gasteiger partial charge in [-0.2, -0.15) is 0 Å². The minimum absolute atomic E-state index is 0.00412. The van der Waals surface area contributed by atoms with Crippen molar-refractivity contribution in [2.45, 2.75) is 26.8 Å². The first-order valence-electron chi connectivity index (χ1n) is 6.49. The highest BCUT2D eigenvalue weighted by molar-refractivity contribution is 6.00. The smallest absolute Gasteiger partial charge is 0.256 e. The van der Waals surface area contributed by atoms with Gasteiger partial charge in [0.25, 0.3) is 5.91 Å². The fourth-order valence-corrected chi connectivity index (χ4v) is 1.76. The highest BCUT2D eigenvalue weighted by atomic mass is 19.1. The number of hydrogen-bond acceptors (Lipinski definition) is 3. The SMILES string of the molecule is CCN(CC(=O)NC(C)C)C(=O)c1cccc(F)c1N. The van der Waals surface area contributed by atoms with Crippen LogP contribution in [0.15, 0.2) is 18.2 Å². The van der Waals surface area contributed by atoms with Gasteiger partial charge >= 0.3 is 0 Å². The van der Waals surface area contributed by atoms with E-state index in [1.807, 2.05) is 13.8 Å². The molecule has 0 radical (unpaired) electrons. The zero-order valence-corrected chi connectivity index (χ0v) is 11.9. The number of halogens is 1. The average Bonchev–Trinajstić information content (AvgIpc) is 2.37. The molecular formula is C14H20FN3O2. The molecular weight excluding hydrogens is 261 g/mol. The van der Waals surface area contributed by atoms with E-state index in [-0.39, 0.29) is 29.7 Å². The second kappa shape index (κ2) is 6.88. The van der Waals surface area contributed by atoms with Crippen LogP contribution >= 0.6 is 0 Å². The van der Waals surface area contributed by atoms with Crippen molar-refractivity contribution in [1.29, 1.82) is 0 Å². The lowest BCUT2D eigenvalue weighted by atomic mass is 10.1. The summed E-state index contributed by atoms with van der Waals surface area (Å²) in [5.41, 5.74) is 5.44. The number of rotatable bonds is 5. The molecule has 0 spiro atoms. The molecule has 3 N–H and O–H groups in total. The minimum Gasteiger partial charge on any atom is -0.396 e. The normalized spacial score (nSPS) is 10.4. The second-order valence-electron chi connectivity index (χ2n) is 4.74. The molecule has 1 aromatic rings. The number of carbonyl (C=O) groups excluding carboxylic acids is 2. The third-order valence-corrected chi connectivity index (χ3v) is 2.74. The summed E-state index contributed by atoms with van der Waals surface area (Å²) in [5, 5.41) is 2.70. The molecule has 0 aliphatic carbocycles. The van der Waals surface area contributed by atoms with Crippen molar-refractivity contribution >= 4 is 17.5 Å². The van der Waals surface area contributed by atoms with Crippen molar-refractivity contribution in [2.24, 2.45) is 0 Å². The van der Waals surface area contributed by atoms with Crippen LogP contribution < -0.4 is 11.1 Å². The van der Waals surface area contributed by atoms with Crippen LogP contribution in [-0.4, -0.2) is 35.8 Å². The van der Waals surface area contributed by atoms with Gasteiger partial charge in [-0.25, -0.2) is 4.39 Å². The van der Waals surface area contributed by atoms with Gasteiger partial charge in [-0.3, -0.25) is 9.59 Å². The number of nitrogens with zero attached hydrogens (tertiary/aromatic N) is 1. The predicted molar refractivity (Wildman–Crippen MR) is 75.7 cm³/mol. The molecule has 2 amide bonds. The largest absolute Gasteiger partial charge is 0.396 e. The Hall–Kier alpha value is -2.11. The van der Waals surface area contributed by atoms with Crippen molar-refractivity contribution in [3.63, 3.8) is 0 Å². The topological polar surface area (TPSA) is 75.4 Å². The molecule has 1 aromatic carbocycles. The zero-order chi connectivity index (χ0) is 15.3. The van der Waals surface area contributed by atoms with E-state index in [0.717, 1.165) is 0 Å². The highest BCUT2D eigenvalue weighted by Gasteiger charge is 2.20. The molecule has 0 aliphatic heterocycles. The third-order valence-electron chi connectivity index (χ3n) is 2.74. The van der Waals surface area contributed by atoms with Crippen LogP contribution in [0, 0.1) is 5.82 Å². The fraction of sp³-hybridized carbons (Fsp3) is 0.429. The van der Waals surface area contributed by atoms with Crippen LogP contribution in [0.1, 0.15) is 31.1 Å². The number of hydrogen-bond donors (Lipinski definition) is 2. The molecule has 5 nitrogen and oxygen atoms in total. The van der Waals surface area contributed by atoms with Crippen molar-refractivity contribution < 1.29 is 14.0 Å². The lowest BCUT2D eigenvalue weighted by molar-refractivity contribution is -0.122. The Bertz CT molecular complexity index is 503.